The Morgan fingerprint density at radius 3 is 1.73 bits per heavy atom. The topological polar surface area (TPSA) is 56.8 Å². The van der Waals surface area contributed by atoms with Crippen LogP contribution >= 0.6 is 0 Å². The minimum absolute atomic E-state index is 0.0212. The zero-order valence-corrected chi connectivity index (χ0v) is 17.6. The minimum atomic E-state index is -0.0485. The number of hydrogen-bond acceptors (Lipinski definition) is 4. The van der Waals surface area contributed by atoms with E-state index in [0.717, 1.165) is 16.7 Å². The Morgan fingerprint density at radius 1 is 0.800 bits per heavy atom. The fourth-order valence-electron chi connectivity index (χ4n) is 3.50. The summed E-state index contributed by atoms with van der Waals surface area (Å²) in [4.78, 5) is 12.9. The first-order chi connectivity index (χ1) is 14.7. The predicted molar refractivity (Wildman–Crippen MR) is 117 cm³/mol. The molecule has 0 saturated carbocycles. The van der Waals surface area contributed by atoms with E-state index in [-0.39, 0.29) is 11.8 Å². The summed E-state index contributed by atoms with van der Waals surface area (Å²) in [5.41, 5.74) is 2.99. The lowest BCUT2D eigenvalue weighted by atomic mass is 9.88. The van der Waals surface area contributed by atoms with Gasteiger partial charge in [-0.05, 0) is 11.1 Å². The molecule has 0 aliphatic heterocycles. The molecular formula is C25H27NO4. The molecule has 3 aromatic carbocycles. The second kappa shape index (κ2) is 10.3. The number of carbonyl (C=O) groups is 1. The molecule has 1 amide bonds. The Morgan fingerprint density at radius 2 is 1.30 bits per heavy atom. The molecule has 5 heteroatoms. The van der Waals surface area contributed by atoms with Crippen molar-refractivity contribution in [2.45, 2.75) is 18.9 Å². The van der Waals surface area contributed by atoms with Gasteiger partial charge in [-0.25, -0.2) is 0 Å². The number of carbonyl (C=O) groups excluding carboxylic acids is 1. The number of benzene rings is 3. The van der Waals surface area contributed by atoms with Gasteiger partial charge in [0, 0.05) is 24.5 Å². The van der Waals surface area contributed by atoms with Crippen molar-refractivity contribution in [1.82, 2.24) is 5.32 Å². The van der Waals surface area contributed by atoms with Crippen LogP contribution in [0.1, 0.15) is 29.0 Å². The van der Waals surface area contributed by atoms with Gasteiger partial charge in [-0.1, -0.05) is 60.7 Å². The monoisotopic (exact) mass is 405 g/mol. The lowest BCUT2D eigenvalue weighted by molar-refractivity contribution is -0.121. The molecule has 0 spiro atoms. The smallest absolute Gasteiger partial charge is 0.221 e. The normalized spacial score (nSPS) is 10.5. The third kappa shape index (κ3) is 5.11. The van der Waals surface area contributed by atoms with Crippen LogP contribution in [0.2, 0.25) is 0 Å². The summed E-state index contributed by atoms with van der Waals surface area (Å²) in [7, 11) is 4.75. The molecule has 30 heavy (non-hydrogen) atoms. The summed E-state index contributed by atoms with van der Waals surface area (Å²) in [6, 6.07) is 23.7. The highest BCUT2D eigenvalue weighted by Crippen LogP contribution is 2.34. The Hall–Kier alpha value is -3.47. The van der Waals surface area contributed by atoms with Gasteiger partial charge in [0.05, 0.1) is 33.4 Å². The highest BCUT2D eigenvalue weighted by atomic mass is 16.5. The third-order valence-electron chi connectivity index (χ3n) is 5.07. The van der Waals surface area contributed by atoms with Crippen LogP contribution in [0.4, 0.5) is 0 Å². The molecule has 3 rings (SSSR count). The molecule has 0 aliphatic carbocycles. The molecule has 0 bridgehead atoms. The van der Waals surface area contributed by atoms with Crippen LogP contribution in [-0.2, 0) is 11.3 Å². The number of amides is 1. The summed E-state index contributed by atoms with van der Waals surface area (Å²) < 4.78 is 16.2. The number of methoxy groups -OCH3 is 3. The second-order valence-corrected chi connectivity index (χ2v) is 6.87. The summed E-state index contributed by atoms with van der Waals surface area (Å²) in [6.07, 6.45) is 0.342. The van der Waals surface area contributed by atoms with Crippen LogP contribution in [0.15, 0.2) is 72.8 Å². The van der Waals surface area contributed by atoms with Crippen molar-refractivity contribution >= 4 is 5.91 Å². The van der Waals surface area contributed by atoms with Crippen molar-refractivity contribution < 1.29 is 19.0 Å². The Balaban J connectivity index is 1.77. The SMILES string of the molecule is COc1cc(OC)c(CNC(=O)CC(c2ccccc2)c2ccccc2)c(OC)c1. The highest BCUT2D eigenvalue weighted by Gasteiger charge is 2.19. The van der Waals surface area contributed by atoms with Crippen molar-refractivity contribution in [2.75, 3.05) is 21.3 Å². The van der Waals surface area contributed by atoms with E-state index >= 15 is 0 Å². The zero-order chi connectivity index (χ0) is 21.3. The average molecular weight is 405 g/mol. The van der Waals surface area contributed by atoms with E-state index in [1.165, 1.54) is 0 Å². The number of nitrogens with one attached hydrogen (secondary N) is 1. The molecule has 156 valence electrons. The molecular weight excluding hydrogens is 378 g/mol. The van der Waals surface area contributed by atoms with Gasteiger partial charge in [-0.2, -0.15) is 0 Å². The summed E-state index contributed by atoms with van der Waals surface area (Å²) in [6.45, 7) is 0.297. The van der Waals surface area contributed by atoms with E-state index in [0.29, 0.717) is 30.2 Å². The van der Waals surface area contributed by atoms with Crippen molar-refractivity contribution in [1.29, 1.82) is 0 Å². The van der Waals surface area contributed by atoms with Gasteiger partial charge in [0.1, 0.15) is 17.2 Å². The molecule has 3 aromatic rings. The van der Waals surface area contributed by atoms with Crippen LogP contribution in [0.5, 0.6) is 17.2 Å². The van der Waals surface area contributed by atoms with E-state index in [9.17, 15) is 4.79 Å². The van der Waals surface area contributed by atoms with Gasteiger partial charge in [0.25, 0.3) is 0 Å². The third-order valence-corrected chi connectivity index (χ3v) is 5.07. The minimum Gasteiger partial charge on any atom is -0.496 e. The predicted octanol–water partition coefficient (Wildman–Crippen LogP) is 4.55. The van der Waals surface area contributed by atoms with E-state index in [1.807, 2.05) is 36.4 Å². The van der Waals surface area contributed by atoms with Gasteiger partial charge in [0.2, 0.25) is 5.91 Å². The van der Waals surface area contributed by atoms with Gasteiger partial charge < -0.3 is 19.5 Å². The van der Waals surface area contributed by atoms with Crippen molar-refractivity contribution in [3.8, 4) is 17.2 Å². The maximum absolute atomic E-state index is 12.9. The fraction of sp³-hybridized carbons (Fsp3) is 0.240. The molecule has 0 aliphatic rings. The Bertz CT molecular complexity index is 893. The lowest BCUT2D eigenvalue weighted by Gasteiger charge is -2.19. The first kappa shape index (κ1) is 21.2. The van der Waals surface area contributed by atoms with E-state index in [1.54, 1.807) is 33.5 Å². The van der Waals surface area contributed by atoms with Crippen LogP contribution in [0.3, 0.4) is 0 Å². The molecule has 0 fully saturated rings. The van der Waals surface area contributed by atoms with Gasteiger partial charge in [-0.15, -0.1) is 0 Å². The van der Waals surface area contributed by atoms with E-state index in [4.69, 9.17) is 14.2 Å². The van der Waals surface area contributed by atoms with Crippen LogP contribution in [0, 0.1) is 0 Å². The molecule has 0 aromatic heterocycles. The van der Waals surface area contributed by atoms with Gasteiger partial charge >= 0.3 is 0 Å². The zero-order valence-electron chi connectivity index (χ0n) is 17.6. The van der Waals surface area contributed by atoms with Crippen molar-refractivity contribution in [3.63, 3.8) is 0 Å². The number of ether oxygens (including phenoxy) is 3. The fourth-order valence-corrected chi connectivity index (χ4v) is 3.50. The second-order valence-electron chi connectivity index (χ2n) is 6.87. The van der Waals surface area contributed by atoms with Crippen LogP contribution in [-0.4, -0.2) is 27.2 Å². The molecule has 0 radical (unpaired) electrons. The van der Waals surface area contributed by atoms with Crippen LogP contribution in [0.25, 0.3) is 0 Å². The van der Waals surface area contributed by atoms with Crippen molar-refractivity contribution in [2.24, 2.45) is 0 Å². The summed E-state index contributed by atoms with van der Waals surface area (Å²) >= 11 is 0. The first-order valence-electron chi connectivity index (χ1n) is 9.81. The molecule has 0 unspecified atom stereocenters. The Labute approximate surface area is 177 Å². The maximum Gasteiger partial charge on any atom is 0.221 e. The Kier molecular flexibility index (Phi) is 7.33. The molecule has 0 saturated heterocycles. The quantitative estimate of drug-likeness (QED) is 0.567. The lowest BCUT2D eigenvalue weighted by Crippen LogP contribution is -2.25. The standard InChI is InChI=1S/C25H27NO4/c1-28-20-14-23(29-2)22(24(15-20)30-3)17-26-25(27)16-21(18-10-6-4-7-11-18)19-12-8-5-9-13-19/h4-15,21H,16-17H2,1-3H3,(H,26,27). The average Bonchev–Trinajstić information content (AvgIpc) is 2.81. The van der Waals surface area contributed by atoms with Crippen LogP contribution < -0.4 is 19.5 Å². The van der Waals surface area contributed by atoms with E-state index < -0.39 is 0 Å². The molecule has 0 atom stereocenters. The largest absolute Gasteiger partial charge is 0.496 e. The number of hydrogen-bond donors (Lipinski definition) is 1. The number of rotatable bonds is 9. The van der Waals surface area contributed by atoms with Gasteiger partial charge in [0.15, 0.2) is 0 Å². The van der Waals surface area contributed by atoms with Gasteiger partial charge in [-0.3, -0.25) is 4.79 Å². The molecule has 5 nitrogen and oxygen atoms in total. The molecule has 1 N–H and O–H groups in total. The maximum atomic E-state index is 12.9. The van der Waals surface area contributed by atoms with Crippen molar-refractivity contribution in [3.05, 3.63) is 89.5 Å². The highest BCUT2D eigenvalue weighted by molar-refractivity contribution is 5.77. The summed E-state index contributed by atoms with van der Waals surface area (Å²) in [5, 5.41) is 3.02. The van der Waals surface area contributed by atoms with E-state index in [2.05, 4.69) is 29.6 Å². The first-order valence-corrected chi connectivity index (χ1v) is 9.81. The summed E-state index contributed by atoms with van der Waals surface area (Å²) in [5.74, 6) is 1.77. The molecule has 0 heterocycles.